The smallest absolute Gasteiger partial charge is 0.343 e. The fourth-order valence-corrected chi connectivity index (χ4v) is 4.11. The number of nitrogens with zero attached hydrogens (tertiary/aromatic N) is 2. The minimum atomic E-state index is -4.94. The summed E-state index contributed by atoms with van der Waals surface area (Å²) in [4.78, 5) is 16.9. The fourth-order valence-electron chi connectivity index (χ4n) is 4.11. The molecule has 0 aliphatic heterocycles. The number of benzene rings is 3. The van der Waals surface area contributed by atoms with Crippen LogP contribution in [0, 0.1) is 31.0 Å². The molecule has 5 aromatic rings. The summed E-state index contributed by atoms with van der Waals surface area (Å²) in [6.07, 6.45) is 0. The molecule has 0 saturated heterocycles. The van der Waals surface area contributed by atoms with Crippen molar-refractivity contribution in [2.24, 2.45) is 7.05 Å². The molecule has 0 aliphatic rings. The summed E-state index contributed by atoms with van der Waals surface area (Å²) in [6, 6.07) is 26.0. The molecule has 0 atom stereocenters. The third-order valence-corrected chi connectivity index (χ3v) is 6.07. The highest BCUT2D eigenvalue weighted by molar-refractivity contribution is 5.78. The zero-order chi connectivity index (χ0) is 27.6. The summed E-state index contributed by atoms with van der Waals surface area (Å²) >= 11 is 0. The van der Waals surface area contributed by atoms with Gasteiger partial charge in [-0.2, -0.15) is 4.99 Å². The van der Waals surface area contributed by atoms with Crippen LogP contribution in [0.3, 0.4) is 0 Å². The lowest BCUT2D eigenvalue weighted by Crippen LogP contribution is -2.72. The van der Waals surface area contributed by atoms with Gasteiger partial charge in [-0.15, -0.1) is 10.2 Å². The molecule has 1 N–H and O–H groups in total. The van der Waals surface area contributed by atoms with Crippen LogP contribution in [0.4, 0.5) is 5.69 Å². The second kappa shape index (κ2) is 10.8. The maximum absolute atomic E-state index is 13.5. The van der Waals surface area contributed by atoms with E-state index in [0.29, 0.717) is 5.69 Å². The first-order chi connectivity index (χ1) is 17.9. The van der Waals surface area contributed by atoms with Crippen molar-refractivity contribution in [2.75, 3.05) is 0 Å². The van der Waals surface area contributed by atoms with Crippen LogP contribution in [0.1, 0.15) is 16.8 Å². The zero-order valence-corrected chi connectivity index (χ0v) is 22.0. The van der Waals surface area contributed by atoms with E-state index < -0.39 is 10.2 Å². The second-order valence-corrected chi connectivity index (χ2v) is 9.59. The Balaban J connectivity index is 0.000000617. The molecular formula is C28H26ClN3O6. The zero-order valence-electron chi connectivity index (χ0n) is 21.2. The Morgan fingerprint density at radius 1 is 0.816 bits per heavy atom. The quantitative estimate of drug-likeness (QED) is 0.316. The Morgan fingerprint density at radius 3 is 2.05 bits per heavy atom. The lowest BCUT2D eigenvalue weighted by Gasteiger charge is -2.17. The van der Waals surface area contributed by atoms with E-state index in [1.54, 1.807) is 4.68 Å². The number of halogens is 1. The molecule has 2 heterocycles. The first kappa shape index (κ1) is 27.1. The summed E-state index contributed by atoms with van der Waals surface area (Å²) < 4.78 is 43.8. The number of aromatic nitrogens is 2. The van der Waals surface area contributed by atoms with E-state index in [1.165, 1.54) is 5.56 Å². The van der Waals surface area contributed by atoms with Gasteiger partial charge in [-0.3, -0.25) is 9.48 Å². The van der Waals surface area contributed by atoms with Crippen LogP contribution in [-0.4, -0.2) is 9.36 Å². The van der Waals surface area contributed by atoms with Crippen molar-refractivity contribution < 1.29 is 38.3 Å². The molecule has 0 spiro atoms. The van der Waals surface area contributed by atoms with Crippen LogP contribution in [-0.2, 0) is 7.05 Å². The van der Waals surface area contributed by atoms with E-state index in [2.05, 4.69) is 30.1 Å². The molecule has 3 aromatic carbocycles. The number of nitrogens with one attached hydrogen (secondary N) is 1. The van der Waals surface area contributed by atoms with Gasteiger partial charge in [0.1, 0.15) is 17.0 Å². The number of hydrogen-bond donors (Lipinski definition) is 1. The van der Waals surface area contributed by atoms with Crippen molar-refractivity contribution in [1.82, 2.24) is 9.36 Å². The van der Waals surface area contributed by atoms with E-state index in [-0.39, 0.29) is 5.56 Å². The molecule has 0 bridgehead atoms. The number of para-hydroxylation sites is 1. The minimum Gasteiger partial charge on any atom is -0.456 e. The van der Waals surface area contributed by atoms with Gasteiger partial charge in [-0.25, -0.2) is 23.3 Å². The third kappa shape index (κ3) is 6.10. The van der Waals surface area contributed by atoms with Gasteiger partial charge in [0.15, 0.2) is 0 Å². The van der Waals surface area contributed by atoms with E-state index >= 15 is 0 Å². The highest BCUT2D eigenvalue weighted by atomic mass is 35.7. The van der Waals surface area contributed by atoms with Crippen molar-refractivity contribution in [3.63, 3.8) is 0 Å². The molecule has 196 valence electrons. The maximum atomic E-state index is 13.5. The Labute approximate surface area is 220 Å². The van der Waals surface area contributed by atoms with Gasteiger partial charge < -0.3 is 4.42 Å². The van der Waals surface area contributed by atoms with Gasteiger partial charge in [0.25, 0.3) is 5.69 Å². The Hall–Kier alpha value is -3.99. The standard InChI is InChI=1S/C28H25N3O2.ClHO4/c1-18-10-13-21(14-11-18)26-17-24(23-16-19(2)12-15-25(23)33-26)29-27-20(3)30(4)31(28(27)32)22-8-6-5-7-9-22;2-1(3,4)5/h5-17H,1-4H3;(H,2,3,4,5). The molecule has 0 saturated carbocycles. The SMILES string of the molecule is Cc1ccc(-c2cc(=[NH+]c3c(C)n(C)n(-c4ccccc4)c3=O)c3cc(C)ccc3o2)cc1.[O-][Cl+3]([O-])([O-])[O-]. The molecule has 38 heavy (non-hydrogen) atoms. The largest absolute Gasteiger partial charge is 0.456 e. The highest BCUT2D eigenvalue weighted by Crippen LogP contribution is 2.23. The van der Waals surface area contributed by atoms with Gasteiger partial charge in [-0.05, 0) is 45.0 Å². The van der Waals surface area contributed by atoms with E-state index in [4.69, 9.17) is 23.1 Å². The van der Waals surface area contributed by atoms with Gasteiger partial charge in [0.05, 0.1) is 17.1 Å². The van der Waals surface area contributed by atoms with Crippen LogP contribution in [0.15, 0.2) is 88.1 Å². The van der Waals surface area contributed by atoms with Crippen LogP contribution in [0.5, 0.6) is 0 Å². The molecule has 0 radical (unpaired) electrons. The summed E-state index contributed by atoms with van der Waals surface area (Å²) in [6.45, 7) is 6.06. The van der Waals surface area contributed by atoms with E-state index in [0.717, 1.165) is 44.6 Å². The van der Waals surface area contributed by atoms with Crippen LogP contribution in [0.2, 0.25) is 0 Å². The third-order valence-electron chi connectivity index (χ3n) is 6.07. The first-order valence-corrected chi connectivity index (χ1v) is 12.8. The molecule has 5 rings (SSSR count). The monoisotopic (exact) mass is 535 g/mol. The normalized spacial score (nSPS) is 11.9. The average molecular weight is 536 g/mol. The molecule has 0 unspecified atom stereocenters. The Bertz CT molecular complexity index is 1710. The van der Waals surface area contributed by atoms with Crippen molar-refractivity contribution >= 4 is 16.7 Å². The van der Waals surface area contributed by atoms with Crippen molar-refractivity contribution in [3.05, 3.63) is 111 Å². The van der Waals surface area contributed by atoms with Crippen LogP contribution >= 0.6 is 0 Å². The summed E-state index contributed by atoms with van der Waals surface area (Å²) in [5, 5.41) is 1.77. The van der Waals surface area contributed by atoms with Crippen molar-refractivity contribution in [3.8, 4) is 17.0 Å². The lowest BCUT2D eigenvalue weighted by molar-refractivity contribution is -2.00. The molecular weight excluding hydrogens is 510 g/mol. The van der Waals surface area contributed by atoms with E-state index in [1.807, 2.05) is 86.2 Å². The van der Waals surface area contributed by atoms with Crippen LogP contribution in [0.25, 0.3) is 28.0 Å². The number of aryl methyl sites for hydroxylation is 2. The Kier molecular flexibility index (Phi) is 7.68. The average Bonchev–Trinajstić information content (AvgIpc) is 3.07. The predicted octanol–water partition coefficient (Wildman–Crippen LogP) is -0.929. The van der Waals surface area contributed by atoms with Gasteiger partial charge in [-0.1, -0.05) is 59.7 Å². The second-order valence-electron chi connectivity index (χ2n) is 8.83. The molecule has 9 nitrogen and oxygen atoms in total. The van der Waals surface area contributed by atoms with Gasteiger partial charge >= 0.3 is 5.56 Å². The van der Waals surface area contributed by atoms with E-state index in [9.17, 15) is 4.79 Å². The topological polar surface area (TPSA) is 146 Å². The highest BCUT2D eigenvalue weighted by Gasteiger charge is 2.21. The molecule has 0 aliphatic carbocycles. The van der Waals surface area contributed by atoms with Gasteiger partial charge in [0.2, 0.25) is 5.36 Å². The van der Waals surface area contributed by atoms with Crippen molar-refractivity contribution in [2.45, 2.75) is 20.8 Å². The number of hydrogen-bond acceptors (Lipinski definition) is 6. The molecule has 2 aromatic heterocycles. The molecule has 0 fully saturated rings. The summed E-state index contributed by atoms with van der Waals surface area (Å²) in [5.41, 5.74) is 6.18. The molecule has 0 amide bonds. The number of fused-ring (bicyclic) bond motifs is 1. The maximum Gasteiger partial charge on any atom is 0.343 e. The van der Waals surface area contributed by atoms with Crippen LogP contribution < -0.4 is 34.5 Å². The molecule has 10 heteroatoms. The lowest BCUT2D eigenvalue weighted by atomic mass is 10.1. The summed E-state index contributed by atoms with van der Waals surface area (Å²) in [5.74, 6) is 0.742. The fraction of sp³-hybridized carbons (Fsp3) is 0.143. The summed E-state index contributed by atoms with van der Waals surface area (Å²) in [7, 11) is -3.05. The number of rotatable bonds is 3. The van der Waals surface area contributed by atoms with Crippen molar-refractivity contribution in [1.29, 1.82) is 0 Å². The first-order valence-electron chi connectivity index (χ1n) is 11.6. The minimum absolute atomic E-state index is 0.0975. The van der Waals surface area contributed by atoms with Gasteiger partial charge in [0, 0.05) is 12.6 Å². The Morgan fingerprint density at radius 2 is 1.42 bits per heavy atom. The predicted molar refractivity (Wildman–Crippen MR) is 131 cm³/mol.